The maximum atomic E-state index is 11.4. The van der Waals surface area contributed by atoms with Gasteiger partial charge >= 0.3 is 6.09 Å². The standard InChI is InChI=1S/C12H26N2O3/c1-11(2,3)17-10(16)14-9-12(4,5)8-13-6-7-15/h13,15H,6-9H2,1-5H3,(H,14,16). The van der Waals surface area contributed by atoms with Crippen LogP contribution in [0.3, 0.4) is 0 Å². The van der Waals surface area contributed by atoms with Gasteiger partial charge in [-0.05, 0) is 26.2 Å². The normalized spacial score (nSPS) is 12.4. The van der Waals surface area contributed by atoms with Crippen molar-refractivity contribution in [2.45, 2.75) is 40.2 Å². The first kappa shape index (κ1) is 16.2. The zero-order valence-corrected chi connectivity index (χ0v) is 11.6. The van der Waals surface area contributed by atoms with E-state index in [4.69, 9.17) is 9.84 Å². The Bertz CT molecular complexity index is 234. The Hall–Kier alpha value is -0.810. The van der Waals surface area contributed by atoms with Crippen LogP contribution in [0.2, 0.25) is 0 Å². The molecule has 0 saturated heterocycles. The fraction of sp³-hybridized carbons (Fsp3) is 0.917. The predicted octanol–water partition coefficient (Wildman–Crippen LogP) is 1.12. The van der Waals surface area contributed by atoms with Crippen LogP contribution in [0.1, 0.15) is 34.6 Å². The van der Waals surface area contributed by atoms with Crippen molar-refractivity contribution in [2.75, 3.05) is 26.2 Å². The van der Waals surface area contributed by atoms with Crippen molar-refractivity contribution in [3.63, 3.8) is 0 Å². The third-order valence-electron chi connectivity index (χ3n) is 2.00. The number of hydrogen-bond donors (Lipinski definition) is 3. The molecule has 0 aromatic heterocycles. The lowest BCUT2D eigenvalue weighted by Gasteiger charge is -2.26. The van der Waals surface area contributed by atoms with Crippen molar-refractivity contribution in [3.05, 3.63) is 0 Å². The zero-order valence-electron chi connectivity index (χ0n) is 11.6. The molecule has 0 unspecified atom stereocenters. The van der Waals surface area contributed by atoms with Gasteiger partial charge in [0, 0.05) is 19.6 Å². The van der Waals surface area contributed by atoms with Crippen molar-refractivity contribution in [1.29, 1.82) is 0 Å². The molecule has 0 fully saturated rings. The summed E-state index contributed by atoms with van der Waals surface area (Å²) >= 11 is 0. The number of nitrogens with one attached hydrogen (secondary N) is 2. The Morgan fingerprint density at radius 1 is 1.18 bits per heavy atom. The smallest absolute Gasteiger partial charge is 0.407 e. The minimum absolute atomic E-state index is 0.0773. The molecule has 0 heterocycles. The summed E-state index contributed by atoms with van der Waals surface area (Å²) in [4.78, 5) is 11.4. The summed E-state index contributed by atoms with van der Waals surface area (Å²) in [6, 6.07) is 0. The van der Waals surface area contributed by atoms with E-state index in [1.165, 1.54) is 0 Å². The van der Waals surface area contributed by atoms with E-state index in [-0.39, 0.29) is 12.0 Å². The van der Waals surface area contributed by atoms with Crippen LogP contribution >= 0.6 is 0 Å². The summed E-state index contributed by atoms with van der Waals surface area (Å²) in [6.45, 7) is 11.5. The summed E-state index contributed by atoms with van der Waals surface area (Å²) in [5.41, 5.74) is -0.546. The van der Waals surface area contributed by atoms with Crippen LogP contribution in [-0.4, -0.2) is 43.0 Å². The lowest BCUT2D eigenvalue weighted by atomic mass is 9.93. The molecule has 102 valence electrons. The van der Waals surface area contributed by atoms with Crippen LogP contribution in [0.25, 0.3) is 0 Å². The molecule has 3 N–H and O–H groups in total. The number of rotatable bonds is 6. The van der Waals surface area contributed by atoms with Gasteiger partial charge in [0.25, 0.3) is 0 Å². The van der Waals surface area contributed by atoms with E-state index in [1.807, 2.05) is 34.6 Å². The van der Waals surface area contributed by atoms with Crippen LogP contribution in [0.15, 0.2) is 0 Å². The van der Waals surface area contributed by atoms with Crippen molar-refractivity contribution < 1.29 is 14.6 Å². The molecular formula is C12H26N2O3. The number of ether oxygens (including phenoxy) is 1. The SMILES string of the molecule is CC(C)(CNCCO)CNC(=O)OC(C)(C)C. The quantitative estimate of drug-likeness (QED) is 0.614. The zero-order chi connectivity index (χ0) is 13.5. The van der Waals surface area contributed by atoms with Crippen molar-refractivity contribution >= 4 is 6.09 Å². The van der Waals surface area contributed by atoms with Gasteiger partial charge in [0.15, 0.2) is 0 Å². The molecule has 0 atom stereocenters. The van der Waals surface area contributed by atoms with E-state index in [0.717, 1.165) is 6.54 Å². The summed E-state index contributed by atoms with van der Waals surface area (Å²) in [6.07, 6.45) is -0.396. The first-order valence-electron chi connectivity index (χ1n) is 5.95. The fourth-order valence-electron chi connectivity index (χ4n) is 1.19. The first-order valence-corrected chi connectivity index (χ1v) is 5.95. The van der Waals surface area contributed by atoms with E-state index in [1.54, 1.807) is 0 Å². The Balaban J connectivity index is 3.88. The number of hydrogen-bond acceptors (Lipinski definition) is 4. The number of carbonyl (C=O) groups excluding carboxylic acids is 1. The molecule has 0 spiro atoms. The highest BCUT2D eigenvalue weighted by molar-refractivity contribution is 5.67. The van der Waals surface area contributed by atoms with Crippen molar-refractivity contribution in [1.82, 2.24) is 10.6 Å². The Morgan fingerprint density at radius 3 is 2.24 bits per heavy atom. The fourth-order valence-corrected chi connectivity index (χ4v) is 1.19. The average Bonchev–Trinajstić information content (AvgIpc) is 2.13. The van der Waals surface area contributed by atoms with E-state index in [0.29, 0.717) is 13.1 Å². The third-order valence-corrected chi connectivity index (χ3v) is 2.00. The van der Waals surface area contributed by atoms with Gasteiger partial charge in [0.05, 0.1) is 6.61 Å². The molecule has 0 bridgehead atoms. The molecule has 0 aliphatic heterocycles. The number of aliphatic hydroxyl groups is 1. The highest BCUT2D eigenvalue weighted by Crippen LogP contribution is 2.12. The van der Waals surface area contributed by atoms with E-state index in [9.17, 15) is 4.79 Å². The number of amides is 1. The van der Waals surface area contributed by atoms with Crippen LogP contribution in [0, 0.1) is 5.41 Å². The molecule has 0 saturated carbocycles. The van der Waals surface area contributed by atoms with Gasteiger partial charge in [-0.2, -0.15) is 0 Å². The predicted molar refractivity (Wildman–Crippen MR) is 68.0 cm³/mol. The number of carbonyl (C=O) groups is 1. The number of aliphatic hydroxyl groups excluding tert-OH is 1. The van der Waals surface area contributed by atoms with Gasteiger partial charge in [-0.15, -0.1) is 0 Å². The molecule has 5 nitrogen and oxygen atoms in total. The van der Waals surface area contributed by atoms with Crippen LogP contribution < -0.4 is 10.6 Å². The lowest BCUT2D eigenvalue weighted by Crippen LogP contribution is -2.42. The van der Waals surface area contributed by atoms with Gasteiger partial charge in [-0.25, -0.2) is 4.79 Å². The highest BCUT2D eigenvalue weighted by Gasteiger charge is 2.21. The maximum Gasteiger partial charge on any atom is 0.407 e. The van der Waals surface area contributed by atoms with Crippen LogP contribution in [-0.2, 0) is 4.74 Å². The minimum Gasteiger partial charge on any atom is -0.444 e. The molecule has 17 heavy (non-hydrogen) atoms. The molecule has 0 aliphatic carbocycles. The van der Waals surface area contributed by atoms with Gasteiger partial charge < -0.3 is 20.5 Å². The van der Waals surface area contributed by atoms with Gasteiger partial charge in [0.2, 0.25) is 0 Å². The second-order valence-electron chi connectivity index (χ2n) is 5.92. The molecule has 5 heteroatoms. The highest BCUT2D eigenvalue weighted by atomic mass is 16.6. The third kappa shape index (κ3) is 10.1. The molecule has 0 aliphatic rings. The van der Waals surface area contributed by atoms with E-state index < -0.39 is 11.7 Å². The molecule has 0 aromatic rings. The van der Waals surface area contributed by atoms with E-state index in [2.05, 4.69) is 10.6 Å². The summed E-state index contributed by atoms with van der Waals surface area (Å²) in [5.74, 6) is 0. The molecule has 0 rings (SSSR count). The van der Waals surface area contributed by atoms with Crippen LogP contribution in [0.5, 0.6) is 0 Å². The Morgan fingerprint density at radius 2 is 1.76 bits per heavy atom. The molecular weight excluding hydrogens is 220 g/mol. The molecule has 1 amide bonds. The van der Waals surface area contributed by atoms with Crippen LogP contribution in [0.4, 0.5) is 4.79 Å². The Kier molecular flexibility index (Phi) is 6.49. The largest absolute Gasteiger partial charge is 0.444 e. The number of alkyl carbamates (subject to hydrolysis) is 1. The Labute approximate surface area is 104 Å². The summed E-state index contributed by atoms with van der Waals surface area (Å²) in [5, 5.41) is 14.5. The van der Waals surface area contributed by atoms with Gasteiger partial charge in [-0.3, -0.25) is 0 Å². The second-order valence-corrected chi connectivity index (χ2v) is 5.92. The summed E-state index contributed by atoms with van der Waals surface area (Å²) in [7, 11) is 0. The first-order chi connectivity index (χ1) is 7.66. The van der Waals surface area contributed by atoms with Crippen molar-refractivity contribution in [3.8, 4) is 0 Å². The van der Waals surface area contributed by atoms with Gasteiger partial charge in [0.1, 0.15) is 5.60 Å². The summed E-state index contributed by atoms with van der Waals surface area (Å²) < 4.78 is 5.15. The molecule has 0 radical (unpaired) electrons. The van der Waals surface area contributed by atoms with Gasteiger partial charge in [-0.1, -0.05) is 13.8 Å². The maximum absolute atomic E-state index is 11.4. The molecule has 0 aromatic carbocycles. The lowest BCUT2D eigenvalue weighted by molar-refractivity contribution is 0.0506. The van der Waals surface area contributed by atoms with E-state index >= 15 is 0 Å². The second kappa shape index (κ2) is 6.81. The topological polar surface area (TPSA) is 70.6 Å². The monoisotopic (exact) mass is 246 g/mol. The van der Waals surface area contributed by atoms with Crippen molar-refractivity contribution in [2.24, 2.45) is 5.41 Å². The minimum atomic E-state index is -0.469. The average molecular weight is 246 g/mol.